The SMILES string of the molecule is CCN(CC)C(=O)C(=Cc1ccccc1)NC(=O)c1ccccc1Cl. The summed E-state index contributed by atoms with van der Waals surface area (Å²) >= 11 is 6.08. The maximum absolute atomic E-state index is 12.8. The van der Waals surface area contributed by atoms with Crippen LogP contribution >= 0.6 is 11.6 Å². The highest BCUT2D eigenvalue weighted by atomic mass is 35.5. The smallest absolute Gasteiger partial charge is 0.270 e. The molecule has 0 heterocycles. The molecule has 0 aliphatic heterocycles. The molecule has 0 saturated carbocycles. The third-order valence-corrected chi connectivity index (χ3v) is 4.09. The Kier molecular flexibility index (Phi) is 6.78. The van der Waals surface area contributed by atoms with E-state index >= 15 is 0 Å². The molecule has 4 nitrogen and oxygen atoms in total. The third kappa shape index (κ3) is 4.94. The Hall–Kier alpha value is -2.59. The van der Waals surface area contributed by atoms with E-state index in [1.54, 1.807) is 35.2 Å². The van der Waals surface area contributed by atoms with Gasteiger partial charge in [-0.3, -0.25) is 9.59 Å². The first kappa shape index (κ1) is 18.7. The van der Waals surface area contributed by atoms with Crippen LogP contribution in [0, 0.1) is 0 Å². The Bertz CT molecular complexity index is 768. The summed E-state index contributed by atoms with van der Waals surface area (Å²) in [6.07, 6.45) is 1.68. The lowest BCUT2D eigenvalue weighted by Crippen LogP contribution is -2.38. The minimum atomic E-state index is -0.409. The molecule has 5 heteroatoms. The number of amides is 2. The summed E-state index contributed by atoms with van der Waals surface area (Å²) in [6, 6.07) is 16.1. The second kappa shape index (κ2) is 9.04. The van der Waals surface area contributed by atoms with Crippen molar-refractivity contribution >= 4 is 29.5 Å². The third-order valence-electron chi connectivity index (χ3n) is 3.76. The molecule has 2 amide bonds. The van der Waals surface area contributed by atoms with Crippen LogP contribution in [0.3, 0.4) is 0 Å². The summed E-state index contributed by atoms with van der Waals surface area (Å²) in [4.78, 5) is 27.0. The maximum atomic E-state index is 12.8. The highest BCUT2D eigenvalue weighted by Gasteiger charge is 2.19. The summed E-state index contributed by atoms with van der Waals surface area (Å²) in [5.74, 6) is -0.637. The molecule has 0 bridgehead atoms. The van der Waals surface area contributed by atoms with Crippen LogP contribution in [0.2, 0.25) is 5.02 Å². The van der Waals surface area contributed by atoms with Crippen molar-refractivity contribution in [1.29, 1.82) is 0 Å². The van der Waals surface area contributed by atoms with Crippen molar-refractivity contribution in [3.05, 3.63) is 76.4 Å². The van der Waals surface area contributed by atoms with Crippen molar-refractivity contribution in [3.63, 3.8) is 0 Å². The van der Waals surface area contributed by atoms with Gasteiger partial charge in [0.05, 0.1) is 10.6 Å². The highest BCUT2D eigenvalue weighted by molar-refractivity contribution is 6.34. The van der Waals surface area contributed by atoms with Crippen LogP contribution in [-0.4, -0.2) is 29.8 Å². The number of rotatable bonds is 6. The standard InChI is InChI=1S/C20H21ClN2O2/c1-3-23(4-2)20(25)18(14-15-10-6-5-7-11-15)22-19(24)16-12-8-9-13-17(16)21/h5-14H,3-4H2,1-2H3,(H,22,24). The van der Waals surface area contributed by atoms with E-state index in [1.807, 2.05) is 44.2 Å². The number of halogens is 1. The van der Waals surface area contributed by atoms with Gasteiger partial charge in [-0.15, -0.1) is 0 Å². The number of likely N-dealkylation sites (N-methyl/N-ethyl adjacent to an activating group) is 1. The summed E-state index contributed by atoms with van der Waals surface area (Å²) in [5, 5.41) is 3.06. The van der Waals surface area contributed by atoms with E-state index in [1.165, 1.54) is 0 Å². The zero-order valence-electron chi connectivity index (χ0n) is 14.3. The molecule has 25 heavy (non-hydrogen) atoms. The van der Waals surface area contributed by atoms with Gasteiger partial charge in [0.15, 0.2) is 0 Å². The number of hydrogen-bond acceptors (Lipinski definition) is 2. The van der Waals surface area contributed by atoms with Gasteiger partial charge < -0.3 is 10.2 Å². The normalized spacial score (nSPS) is 11.1. The first-order valence-electron chi connectivity index (χ1n) is 8.18. The molecule has 0 atom stereocenters. The fraction of sp³-hybridized carbons (Fsp3) is 0.200. The van der Waals surface area contributed by atoms with Crippen molar-refractivity contribution in [2.75, 3.05) is 13.1 Å². The van der Waals surface area contributed by atoms with Gasteiger partial charge in [-0.05, 0) is 37.6 Å². The summed E-state index contributed by atoms with van der Waals surface area (Å²) in [7, 11) is 0. The van der Waals surface area contributed by atoms with Gasteiger partial charge >= 0.3 is 0 Å². The molecule has 0 spiro atoms. The van der Waals surface area contributed by atoms with Crippen LogP contribution in [0.5, 0.6) is 0 Å². The van der Waals surface area contributed by atoms with Gasteiger partial charge in [-0.1, -0.05) is 54.1 Å². The zero-order valence-corrected chi connectivity index (χ0v) is 15.1. The van der Waals surface area contributed by atoms with E-state index in [0.717, 1.165) is 5.56 Å². The van der Waals surface area contributed by atoms with Crippen LogP contribution in [0.4, 0.5) is 0 Å². The lowest BCUT2D eigenvalue weighted by atomic mass is 10.1. The highest BCUT2D eigenvalue weighted by Crippen LogP contribution is 2.16. The number of nitrogens with one attached hydrogen (secondary N) is 1. The summed E-state index contributed by atoms with van der Waals surface area (Å²) in [6.45, 7) is 4.92. The molecule has 0 radical (unpaired) electrons. The number of hydrogen-bond donors (Lipinski definition) is 1. The first-order chi connectivity index (χ1) is 12.1. The predicted molar refractivity (Wildman–Crippen MR) is 101 cm³/mol. The van der Waals surface area contributed by atoms with Gasteiger partial charge in [0.2, 0.25) is 0 Å². The van der Waals surface area contributed by atoms with Crippen LogP contribution < -0.4 is 5.32 Å². The Morgan fingerprint density at radius 3 is 2.20 bits per heavy atom. The predicted octanol–water partition coefficient (Wildman–Crippen LogP) is 3.98. The quantitative estimate of drug-likeness (QED) is 0.796. The summed E-state index contributed by atoms with van der Waals surface area (Å²) in [5.41, 5.74) is 1.38. The van der Waals surface area contributed by atoms with Crippen molar-refractivity contribution in [1.82, 2.24) is 10.2 Å². The van der Waals surface area contributed by atoms with E-state index < -0.39 is 5.91 Å². The minimum Gasteiger partial charge on any atom is -0.338 e. The van der Waals surface area contributed by atoms with Crippen molar-refractivity contribution in [2.45, 2.75) is 13.8 Å². The van der Waals surface area contributed by atoms with E-state index in [9.17, 15) is 9.59 Å². The van der Waals surface area contributed by atoms with Crippen molar-refractivity contribution in [2.24, 2.45) is 0 Å². The van der Waals surface area contributed by atoms with Gasteiger partial charge in [0.25, 0.3) is 11.8 Å². The molecule has 0 unspecified atom stereocenters. The van der Waals surface area contributed by atoms with E-state index in [0.29, 0.717) is 23.7 Å². The molecular weight excluding hydrogens is 336 g/mol. The molecule has 0 aliphatic rings. The first-order valence-corrected chi connectivity index (χ1v) is 8.56. The molecule has 2 rings (SSSR count). The molecular formula is C20H21ClN2O2. The van der Waals surface area contributed by atoms with E-state index in [2.05, 4.69) is 5.32 Å². The number of carbonyl (C=O) groups excluding carboxylic acids is 2. The molecule has 0 aromatic heterocycles. The van der Waals surface area contributed by atoms with Crippen LogP contribution in [0.1, 0.15) is 29.8 Å². The van der Waals surface area contributed by atoms with E-state index in [4.69, 9.17) is 11.6 Å². The second-order valence-electron chi connectivity index (χ2n) is 5.38. The molecule has 2 aromatic carbocycles. The van der Waals surface area contributed by atoms with E-state index in [-0.39, 0.29) is 11.6 Å². The molecule has 130 valence electrons. The Balaban J connectivity index is 2.35. The van der Waals surface area contributed by atoms with Crippen LogP contribution in [-0.2, 0) is 4.79 Å². The van der Waals surface area contributed by atoms with Crippen molar-refractivity contribution < 1.29 is 9.59 Å². The lowest BCUT2D eigenvalue weighted by Gasteiger charge is -2.21. The number of carbonyl (C=O) groups is 2. The van der Waals surface area contributed by atoms with Gasteiger partial charge in [-0.2, -0.15) is 0 Å². The Morgan fingerprint density at radius 2 is 1.60 bits per heavy atom. The Morgan fingerprint density at radius 1 is 1.00 bits per heavy atom. The van der Waals surface area contributed by atoms with Gasteiger partial charge in [0.1, 0.15) is 5.70 Å². The van der Waals surface area contributed by atoms with Gasteiger partial charge in [0, 0.05) is 13.1 Å². The fourth-order valence-electron chi connectivity index (χ4n) is 2.38. The molecule has 0 fully saturated rings. The van der Waals surface area contributed by atoms with Crippen LogP contribution in [0.25, 0.3) is 6.08 Å². The monoisotopic (exact) mass is 356 g/mol. The van der Waals surface area contributed by atoms with Gasteiger partial charge in [-0.25, -0.2) is 0 Å². The Labute approximate surface area is 153 Å². The summed E-state index contributed by atoms with van der Waals surface area (Å²) < 4.78 is 0. The second-order valence-corrected chi connectivity index (χ2v) is 5.79. The van der Waals surface area contributed by atoms with Crippen LogP contribution in [0.15, 0.2) is 60.3 Å². The van der Waals surface area contributed by atoms with Crippen molar-refractivity contribution in [3.8, 4) is 0 Å². The topological polar surface area (TPSA) is 49.4 Å². The molecule has 1 N–H and O–H groups in total. The largest absolute Gasteiger partial charge is 0.338 e. The average Bonchev–Trinajstić information content (AvgIpc) is 2.63. The number of nitrogens with zero attached hydrogens (tertiary/aromatic N) is 1. The molecule has 2 aromatic rings. The fourth-order valence-corrected chi connectivity index (χ4v) is 2.60. The molecule has 0 aliphatic carbocycles. The molecule has 0 saturated heterocycles. The lowest BCUT2D eigenvalue weighted by molar-refractivity contribution is -0.127. The minimum absolute atomic E-state index is 0.222. The zero-order chi connectivity index (χ0) is 18.2. The maximum Gasteiger partial charge on any atom is 0.270 e. The average molecular weight is 357 g/mol. The number of benzene rings is 2.